The first-order chi connectivity index (χ1) is 5.97. The van der Waals surface area contributed by atoms with E-state index in [1.165, 1.54) is 51.4 Å². The lowest BCUT2D eigenvalue weighted by Gasteiger charge is -2.20. The summed E-state index contributed by atoms with van der Waals surface area (Å²) in [7, 11) is 0. The number of hydrogen-bond donors (Lipinski definition) is 0. The van der Waals surface area contributed by atoms with Crippen LogP contribution >= 0.6 is 0 Å². The van der Waals surface area contributed by atoms with E-state index in [4.69, 9.17) is 4.74 Å². The van der Waals surface area contributed by atoms with Gasteiger partial charge in [-0.1, -0.05) is 25.7 Å². The third-order valence-electron chi connectivity index (χ3n) is 3.39. The molecule has 0 amide bonds. The van der Waals surface area contributed by atoms with Crippen LogP contribution in [-0.2, 0) is 4.74 Å². The van der Waals surface area contributed by atoms with E-state index in [-0.39, 0.29) is 0 Å². The summed E-state index contributed by atoms with van der Waals surface area (Å²) in [6, 6.07) is 0. The molecule has 1 heteroatoms. The molecule has 0 bridgehead atoms. The van der Waals surface area contributed by atoms with Crippen LogP contribution in [-0.4, -0.2) is 12.7 Å². The van der Waals surface area contributed by atoms with Gasteiger partial charge in [-0.15, -0.1) is 0 Å². The van der Waals surface area contributed by atoms with Crippen molar-refractivity contribution in [1.29, 1.82) is 0 Å². The molecule has 0 aromatic rings. The van der Waals surface area contributed by atoms with E-state index in [1.54, 1.807) is 0 Å². The Kier molecular flexibility index (Phi) is 3.04. The summed E-state index contributed by atoms with van der Waals surface area (Å²) in [6.07, 6.45) is 12.0. The minimum atomic E-state index is 0.642. The van der Waals surface area contributed by atoms with Crippen LogP contribution < -0.4 is 0 Å². The topological polar surface area (TPSA) is 9.23 Å². The monoisotopic (exact) mass is 168 g/mol. The van der Waals surface area contributed by atoms with Gasteiger partial charge < -0.3 is 4.74 Å². The summed E-state index contributed by atoms with van der Waals surface area (Å²) in [5, 5.41) is 0. The van der Waals surface area contributed by atoms with Crippen molar-refractivity contribution >= 4 is 0 Å². The van der Waals surface area contributed by atoms with Gasteiger partial charge in [-0.05, 0) is 31.6 Å². The van der Waals surface area contributed by atoms with Gasteiger partial charge in [0.25, 0.3) is 0 Å². The number of hydrogen-bond acceptors (Lipinski definition) is 1. The lowest BCUT2D eigenvalue weighted by atomic mass is 9.92. The zero-order valence-corrected chi connectivity index (χ0v) is 7.93. The van der Waals surface area contributed by atoms with Crippen LogP contribution in [0.5, 0.6) is 0 Å². The molecule has 1 aliphatic heterocycles. The summed E-state index contributed by atoms with van der Waals surface area (Å²) in [4.78, 5) is 0. The molecular weight excluding hydrogens is 148 g/mol. The second-order valence-corrected chi connectivity index (χ2v) is 4.30. The fourth-order valence-electron chi connectivity index (χ4n) is 2.66. The molecule has 0 N–H and O–H groups in total. The first-order valence-electron chi connectivity index (χ1n) is 5.58. The Labute approximate surface area is 75.5 Å². The van der Waals surface area contributed by atoms with Crippen LogP contribution in [0, 0.1) is 5.92 Å². The Morgan fingerprint density at radius 3 is 2.08 bits per heavy atom. The molecule has 1 heterocycles. The zero-order chi connectivity index (χ0) is 8.23. The second-order valence-electron chi connectivity index (χ2n) is 4.30. The van der Waals surface area contributed by atoms with Crippen LogP contribution in [0.2, 0.25) is 0 Å². The fourth-order valence-corrected chi connectivity index (χ4v) is 2.66. The van der Waals surface area contributed by atoms with Gasteiger partial charge in [0, 0.05) is 6.61 Å². The summed E-state index contributed by atoms with van der Waals surface area (Å²) in [5.41, 5.74) is 0. The van der Waals surface area contributed by atoms with Crippen molar-refractivity contribution in [3.8, 4) is 0 Å². The molecule has 2 aliphatic rings. The van der Waals surface area contributed by atoms with Crippen LogP contribution in [0.3, 0.4) is 0 Å². The van der Waals surface area contributed by atoms with Crippen LogP contribution in [0.4, 0.5) is 0 Å². The Hall–Kier alpha value is -0.0400. The van der Waals surface area contributed by atoms with Crippen LogP contribution in [0.15, 0.2) is 0 Å². The van der Waals surface area contributed by atoms with Crippen LogP contribution in [0.25, 0.3) is 0 Å². The Balaban J connectivity index is 1.83. The molecule has 2 rings (SSSR count). The van der Waals surface area contributed by atoms with E-state index >= 15 is 0 Å². The van der Waals surface area contributed by atoms with Crippen molar-refractivity contribution in [2.45, 2.75) is 57.5 Å². The van der Waals surface area contributed by atoms with E-state index in [2.05, 4.69) is 0 Å². The molecule has 0 aromatic heterocycles. The average Bonchev–Trinajstić information content (AvgIpc) is 2.48. The van der Waals surface area contributed by atoms with Crippen LogP contribution in [0.1, 0.15) is 51.4 Å². The van der Waals surface area contributed by atoms with Crippen molar-refractivity contribution in [3.63, 3.8) is 0 Å². The maximum atomic E-state index is 5.75. The van der Waals surface area contributed by atoms with Crippen molar-refractivity contribution in [1.82, 2.24) is 0 Å². The van der Waals surface area contributed by atoms with Gasteiger partial charge in [-0.25, -0.2) is 0 Å². The molecule has 0 spiro atoms. The van der Waals surface area contributed by atoms with Gasteiger partial charge >= 0.3 is 0 Å². The molecule has 12 heavy (non-hydrogen) atoms. The third kappa shape index (κ3) is 2.01. The molecule has 1 saturated heterocycles. The first-order valence-corrected chi connectivity index (χ1v) is 5.58. The Bertz CT molecular complexity index is 119. The Morgan fingerprint density at radius 1 is 0.750 bits per heavy atom. The van der Waals surface area contributed by atoms with Crippen molar-refractivity contribution < 1.29 is 4.74 Å². The smallest absolute Gasteiger partial charge is 0.0604 e. The van der Waals surface area contributed by atoms with Gasteiger partial charge in [-0.3, -0.25) is 0 Å². The lowest BCUT2D eigenvalue weighted by molar-refractivity contribution is 0.0569. The van der Waals surface area contributed by atoms with Gasteiger partial charge in [0.05, 0.1) is 6.10 Å². The third-order valence-corrected chi connectivity index (χ3v) is 3.39. The normalized spacial score (nSPS) is 33.5. The van der Waals surface area contributed by atoms with Crippen molar-refractivity contribution in [2.24, 2.45) is 5.92 Å². The minimum absolute atomic E-state index is 0.642. The predicted molar refractivity (Wildman–Crippen MR) is 50.2 cm³/mol. The number of ether oxygens (including phenoxy) is 1. The Morgan fingerprint density at radius 2 is 1.50 bits per heavy atom. The zero-order valence-electron chi connectivity index (χ0n) is 7.93. The van der Waals surface area contributed by atoms with E-state index in [0.29, 0.717) is 6.10 Å². The molecule has 1 saturated carbocycles. The first kappa shape index (κ1) is 8.55. The molecule has 1 nitrogen and oxygen atoms in total. The maximum absolute atomic E-state index is 5.75. The highest BCUT2D eigenvalue weighted by Gasteiger charge is 2.25. The molecule has 1 unspecified atom stereocenters. The van der Waals surface area contributed by atoms with Gasteiger partial charge in [0.2, 0.25) is 0 Å². The summed E-state index contributed by atoms with van der Waals surface area (Å²) < 4.78 is 5.75. The van der Waals surface area contributed by atoms with E-state index in [1.807, 2.05) is 0 Å². The summed E-state index contributed by atoms with van der Waals surface area (Å²) >= 11 is 0. The SMILES string of the molecule is C1CCCC(C2CCCO2)CC1. The van der Waals surface area contributed by atoms with Gasteiger partial charge in [-0.2, -0.15) is 0 Å². The standard InChI is InChI=1S/C11H20O/c1-2-4-7-10(6-3-1)11-8-5-9-12-11/h10-11H,1-9H2. The van der Waals surface area contributed by atoms with E-state index in [0.717, 1.165) is 12.5 Å². The average molecular weight is 168 g/mol. The van der Waals surface area contributed by atoms with E-state index < -0.39 is 0 Å². The van der Waals surface area contributed by atoms with Gasteiger partial charge in [0.15, 0.2) is 0 Å². The van der Waals surface area contributed by atoms with Gasteiger partial charge in [0.1, 0.15) is 0 Å². The molecule has 1 atom stereocenters. The fraction of sp³-hybridized carbons (Fsp3) is 1.00. The second kappa shape index (κ2) is 4.27. The minimum Gasteiger partial charge on any atom is -0.378 e. The molecule has 70 valence electrons. The molecule has 1 aliphatic carbocycles. The van der Waals surface area contributed by atoms with Crippen molar-refractivity contribution in [2.75, 3.05) is 6.61 Å². The largest absolute Gasteiger partial charge is 0.378 e. The van der Waals surface area contributed by atoms with Crippen molar-refractivity contribution in [3.05, 3.63) is 0 Å². The molecule has 0 aromatic carbocycles. The lowest BCUT2D eigenvalue weighted by Crippen LogP contribution is -2.18. The highest BCUT2D eigenvalue weighted by atomic mass is 16.5. The summed E-state index contributed by atoms with van der Waals surface area (Å²) in [6.45, 7) is 1.03. The maximum Gasteiger partial charge on any atom is 0.0604 e. The highest BCUT2D eigenvalue weighted by molar-refractivity contribution is 4.76. The molecular formula is C11H20O. The molecule has 2 fully saturated rings. The predicted octanol–water partition coefficient (Wildman–Crippen LogP) is 3.14. The summed E-state index contributed by atoms with van der Waals surface area (Å²) in [5.74, 6) is 0.912. The van der Waals surface area contributed by atoms with E-state index in [9.17, 15) is 0 Å². The highest BCUT2D eigenvalue weighted by Crippen LogP contribution is 2.31. The number of rotatable bonds is 1. The molecule has 0 radical (unpaired) electrons. The quantitative estimate of drug-likeness (QED) is 0.546.